The van der Waals surface area contributed by atoms with E-state index in [1.165, 1.54) is 25.0 Å². The van der Waals surface area contributed by atoms with Gasteiger partial charge in [-0.15, -0.1) is 0 Å². The van der Waals surface area contributed by atoms with Crippen molar-refractivity contribution in [3.05, 3.63) is 23.3 Å². The second-order valence-electron chi connectivity index (χ2n) is 10.5. The molecule has 4 aliphatic rings. The zero-order valence-corrected chi connectivity index (χ0v) is 18.3. The number of rotatable bonds is 3. The van der Waals surface area contributed by atoms with Gasteiger partial charge in [-0.25, -0.2) is 0 Å². The van der Waals surface area contributed by atoms with E-state index in [0.717, 1.165) is 31.6 Å². The largest absolute Gasteiger partial charge is 0.377 e. The highest BCUT2D eigenvalue weighted by Gasteiger charge is 2.64. The second kappa shape index (κ2) is 8.60. The quantitative estimate of drug-likeness (QED) is 0.421. The third-order valence-corrected chi connectivity index (χ3v) is 8.35. The van der Waals surface area contributed by atoms with Gasteiger partial charge < -0.3 is 4.74 Å². The predicted octanol–water partition coefficient (Wildman–Crippen LogP) is 7.57. The van der Waals surface area contributed by atoms with Gasteiger partial charge in [-0.1, -0.05) is 51.7 Å². The normalized spacial score (nSPS) is 41.7. The van der Waals surface area contributed by atoms with E-state index in [4.69, 9.17) is 4.74 Å². The number of allylic oxidation sites excluding steroid dienone is 3. The first-order valence-corrected chi connectivity index (χ1v) is 12.0. The van der Waals surface area contributed by atoms with Crippen LogP contribution in [0.5, 0.6) is 0 Å². The Kier molecular flexibility index (Phi) is 6.41. The molecule has 5 heteroatoms. The predicted molar refractivity (Wildman–Crippen MR) is 111 cm³/mol. The summed E-state index contributed by atoms with van der Waals surface area (Å²) in [6, 6.07) is 0. The fourth-order valence-electron chi connectivity index (χ4n) is 6.15. The summed E-state index contributed by atoms with van der Waals surface area (Å²) in [5, 5.41) is 0. The van der Waals surface area contributed by atoms with Crippen LogP contribution in [-0.2, 0) is 4.74 Å². The van der Waals surface area contributed by atoms with E-state index in [9.17, 15) is 0 Å². The van der Waals surface area contributed by atoms with Gasteiger partial charge in [-0.05, 0) is 62.2 Å². The Balaban J connectivity index is 1.45. The molecule has 0 spiro atoms. The van der Waals surface area contributed by atoms with E-state index >= 15 is 17.6 Å². The molecule has 3 aliphatic carbocycles. The monoisotopic (exact) mass is 428 g/mol. The SMILES string of the molecule is CC1CCC(C2=CC=C(C3CCC(C4CCC(C)CC4)OC3)C(F)(F)C2(F)F)CC1. The topological polar surface area (TPSA) is 9.23 Å². The average molecular weight is 429 g/mol. The summed E-state index contributed by atoms with van der Waals surface area (Å²) in [6.45, 7) is 4.50. The number of ether oxygens (including phenoxy) is 1. The third kappa shape index (κ3) is 4.12. The van der Waals surface area contributed by atoms with E-state index in [0.29, 0.717) is 37.5 Å². The molecule has 4 rings (SSSR count). The minimum Gasteiger partial charge on any atom is -0.377 e. The highest BCUT2D eigenvalue weighted by Crippen LogP contribution is 2.54. The minimum atomic E-state index is -4.12. The molecule has 1 nitrogen and oxygen atoms in total. The van der Waals surface area contributed by atoms with Crippen molar-refractivity contribution in [2.75, 3.05) is 6.61 Å². The van der Waals surface area contributed by atoms with E-state index in [2.05, 4.69) is 13.8 Å². The van der Waals surface area contributed by atoms with Gasteiger partial charge in [0.2, 0.25) is 0 Å². The van der Waals surface area contributed by atoms with Gasteiger partial charge in [0.25, 0.3) is 0 Å². The molecule has 0 amide bonds. The van der Waals surface area contributed by atoms with Crippen LogP contribution in [0.2, 0.25) is 0 Å². The van der Waals surface area contributed by atoms with E-state index < -0.39 is 29.3 Å². The molecular formula is C25H36F4O. The highest BCUT2D eigenvalue weighted by atomic mass is 19.3. The summed E-state index contributed by atoms with van der Waals surface area (Å²) >= 11 is 0. The lowest BCUT2D eigenvalue weighted by Gasteiger charge is -2.42. The lowest BCUT2D eigenvalue weighted by Crippen LogP contribution is -2.50. The zero-order valence-electron chi connectivity index (χ0n) is 18.3. The molecule has 3 fully saturated rings. The lowest BCUT2D eigenvalue weighted by atomic mass is 9.72. The van der Waals surface area contributed by atoms with Gasteiger partial charge in [0, 0.05) is 17.1 Å². The first-order chi connectivity index (χ1) is 14.2. The Bertz CT molecular complexity index is 659. The maximum absolute atomic E-state index is 15.1. The number of hydrogen-bond donors (Lipinski definition) is 0. The fourth-order valence-corrected chi connectivity index (χ4v) is 6.15. The first-order valence-electron chi connectivity index (χ1n) is 12.0. The van der Waals surface area contributed by atoms with Crippen LogP contribution in [-0.4, -0.2) is 24.6 Å². The molecule has 0 bridgehead atoms. The molecule has 1 saturated heterocycles. The van der Waals surface area contributed by atoms with Crippen molar-refractivity contribution < 1.29 is 22.3 Å². The number of hydrogen-bond acceptors (Lipinski definition) is 1. The van der Waals surface area contributed by atoms with Crippen molar-refractivity contribution >= 4 is 0 Å². The van der Waals surface area contributed by atoms with Crippen LogP contribution in [0.1, 0.15) is 78.1 Å². The van der Waals surface area contributed by atoms with Crippen molar-refractivity contribution in [3.8, 4) is 0 Å². The van der Waals surface area contributed by atoms with E-state index in [1.807, 2.05) is 0 Å². The lowest BCUT2D eigenvalue weighted by molar-refractivity contribution is -0.176. The van der Waals surface area contributed by atoms with Crippen molar-refractivity contribution in [1.82, 2.24) is 0 Å². The van der Waals surface area contributed by atoms with Crippen molar-refractivity contribution in [1.29, 1.82) is 0 Å². The summed E-state index contributed by atoms with van der Waals surface area (Å²) < 4.78 is 66.3. The molecule has 2 atom stereocenters. The molecule has 0 radical (unpaired) electrons. The van der Waals surface area contributed by atoms with Crippen LogP contribution in [0.4, 0.5) is 17.6 Å². The van der Waals surface area contributed by atoms with Crippen LogP contribution in [0.3, 0.4) is 0 Å². The fraction of sp³-hybridized carbons (Fsp3) is 0.840. The second-order valence-corrected chi connectivity index (χ2v) is 10.5. The van der Waals surface area contributed by atoms with Crippen LogP contribution in [0.15, 0.2) is 23.3 Å². The smallest absolute Gasteiger partial charge is 0.336 e. The van der Waals surface area contributed by atoms with Crippen molar-refractivity contribution in [3.63, 3.8) is 0 Å². The van der Waals surface area contributed by atoms with Gasteiger partial charge in [-0.2, -0.15) is 17.6 Å². The Morgan fingerprint density at radius 3 is 1.63 bits per heavy atom. The van der Waals surface area contributed by atoms with Crippen molar-refractivity contribution in [2.24, 2.45) is 29.6 Å². The van der Waals surface area contributed by atoms with E-state index in [1.54, 1.807) is 0 Å². The van der Waals surface area contributed by atoms with Crippen molar-refractivity contribution in [2.45, 2.75) is 96.0 Å². The standard InChI is InChI=1S/C25H36F4O/c1-16-3-7-18(8-4-16)21-12-13-22(25(28,29)24(21,26)27)20-11-14-23(30-15-20)19-9-5-17(2)6-10-19/h12-13,16-20,23H,3-11,14-15H2,1-2H3. The van der Waals surface area contributed by atoms with Crippen LogP contribution < -0.4 is 0 Å². The minimum absolute atomic E-state index is 0.0994. The maximum Gasteiger partial charge on any atom is 0.336 e. The Morgan fingerprint density at radius 1 is 0.667 bits per heavy atom. The summed E-state index contributed by atoms with van der Waals surface area (Å²) in [7, 11) is 0. The third-order valence-electron chi connectivity index (χ3n) is 8.35. The summed E-state index contributed by atoms with van der Waals surface area (Å²) in [5.74, 6) is -7.54. The molecule has 1 aliphatic heterocycles. The molecule has 0 aromatic rings. The van der Waals surface area contributed by atoms with Gasteiger partial charge in [0.15, 0.2) is 0 Å². The molecule has 0 aromatic heterocycles. The highest BCUT2D eigenvalue weighted by molar-refractivity contribution is 5.40. The summed E-state index contributed by atoms with van der Waals surface area (Å²) in [6.07, 6.45) is 11.4. The van der Waals surface area contributed by atoms with Gasteiger partial charge >= 0.3 is 11.8 Å². The van der Waals surface area contributed by atoms with Gasteiger partial charge in [0.1, 0.15) is 0 Å². The summed E-state index contributed by atoms with van der Waals surface area (Å²) in [4.78, 5) is 0. The Hall–Kier alpha value is -0.840. The molecular weight excluding hydrogens is 392 g/mol. The molecule has 1 heterocycles. The molecule has 0 N–H and O–H groups in total. The number of alkyl halides is 4. The maximum atomic E-state index is 15.1. The average Bonchev–Trinajstić information content (AvgIpc) is 2.72. The molecule has 30 heavy (non-hydrogen) atoms. The first kappa shape index (κ1) is 22.4. The van der Waals surface area contributed by atoms with Crippen LogP contribution in [0, 0.1) is 29.6 Å². The molecule has 2 saturated carbocycles. The van der Waals surface area contributed by atoms with Gasteiger partial charge in [0.05, 0.1) is 12.7 Å². The Labute approximate surface area is 178 Å². The van der Waals surface area contributed by atoms with Crippen LogP contribution >= 0.6 is 0 Å². The number of halogens is 4. The molecule has 0 aromatic carbocycles. The zero-order chi connectivity index (χ0) is 21.5. The summed E-state index contributed by atoms with van der Waals surface area (Å²) in [5.41, 5.74) is -0.773. The molecule has 170 valence electrons. The van der Waals surface area contributed by atoms with Crippen LogP contribution in [0.25, 0.3) is 0 Å². The van der Waals surface area contributed by atoms with Gasteiger partial charge in [-0.3, -0.25) is 0 Å². The van der Waals surface area contributed by atoms with E-state index in [-0.39, 0.29) is 18.3 Å². The Morgan fingerprint density at radius 2 is 1.13 bits per heavy atom. The molecule has 2 unspecified atom stereocenters.